The largest absolute Gasteiger partial charge is 0.545 e. The molecule has 8 N–H and O–H groups in total. The highest BCUT2D eigenvalue weighted by Gasteiger charge is 2.06. The number of carboxylic acids is 2. The van der Waals surface area contributed by atoms with E-state index < -0.39 is 11.9 Å². The first kappa shape index (κ1) is 53.7. The van der Waals surface area contributed by atoms with Crippen LogP contribution in [0.3, 0.4) is 0 Å². The van der Waals surface area contributed by atoms with Crippen molar-refractivity contribution in [1.82, 2.24) is 9.97 Å². The molecule has 9 rings (SSSR count). The van der Waals surface area contributed by atoms with E-state index in [9.17, 15) is 19.8 Å². The predicted molar refractivity (Wildman–Crippen MR) is 280 cm³/mol. The van der Waals surface area contributed by atoms with Crippen molar-refractivity contribution in [2.75, 3.05) is 34.5 Å². The standard InChI is InChI=1S/2C23H20N4.C8H6O4.2C2H6O/c2*1-3-15-24-22(5-1)26-20-11-7-18(8-12-20)17-19-9-13-21(14-10-19)27-23-6-2-4-16-25-23;9-7(10)5-1-2-6(4-3-5)8(11)12;2*1-2-3/h2*1-16H,17H2,(H,24,26)(H,25,27);1-4H,(H,9,10)(H,11,12);2*3H,2H2,1H3. The second-order valence-corrected chi connectivity index (χ2v) is 15.4. The molecule has 0 aliphatic rings. The van der Waals surface area contributed by atoms with Gasteiger partial charge in [-0.05, 0) is 145 Å². The summed E-state index contributed by atoms with van der Waals surface area (Å²) in [5.74, 6) is 0.982. The lowest BCUT2D eigenvalue weighted by atomic mass is 10.0. The number of anilines is 8. The lowest BCUT2D eigenvalue weighted by molar-refractivity contribution is -0.361. The van der Waals surface area contributed by atoms with Crippen molar-refractivity contribution in [2.24, 2.45) is 0 Å². The van der Waals surface area contributed by atoms with Crippen LogP contribution >= 0.6 is 0 Å². The molecule has 0 radical (unpaired) electrons. The minimum atomic E-state index is -1.33. The summed E-state index contributed by atoms with van der Waals surface area (Å²) in [5.41, 5.74) is 9.21. The molecule has 72 heavy (non-hydrogen) atoms. The Morgan fingerprint density at radius 1 is 0.417 bits per heavy atom. The Morgan fingerprint density at radius 3 is 0.958 bits per heavy atom. The van der Waals surface area contributed by atoms with E-state index in [-0.39, 0.29) is 24.3 Å². The minimum absolute atomic E-state index is 0.0556. The van der Waals surface area contributed by atoms with E-state index >= 15 is 0 Å². The molecule has 0 spiro atoms. The number of carbonyl (C=O) groups excluding carboxylic acids is 2. The molecule has 0 unspecified atom stereocenters. The van der Waals surface area contributed by atoms with Crippen LogP contribution in [0.25, 0.3) is 0 Å². The van der Waals surface area contributed by atoms with Crippen LogP contribution in [0, 0.1) is 0 Å². The highest BCUT2D eigenvalue weighted by molar-refractivity contribution is 5.89. The third kappa shape index (κ3) is 19.8. The Labute approximate surface area is 419 Å². The number of rotatable bonds is 14. The van der Waals surface area contributed by atoms with Crippen molar-refractivity contribution in [3.8, 4) is 0 Å². The first-order chi connectivity index (χ1) is 35.1. The summed E-state index contributed by atoms with van der Waals surface area (Å²) < 4.78 is 0. The van der Waals surface area contributed by atoms with E-state index in [2.05, 4.69) is 138 Å². The monoisotopic (exact) mass is 962 g/mol. The molecule has 0 amide bonds. The van der Waals surface area contributed by atoms with E-state index in [1.165, 1.54) is 22.3 Å². The van der Waals surface area contributed by atoms with Crippen molar-refractivity contribution in [3.05, 3.63) is 252 Å². The molecule has 0 fully saturated rings. The van der Waals surface area contributed by atoms with E-state index in [0.717, 1.165) is 83.1 Å². The maximum atomic E-state index is 10.2. The minimum Gasteiger partial charge on any atom is -0.545 e. The molecular weight excluding hydrogens is 905 g/mol. The van der Waals surface area contributed by atoms with E-state index in [1.54, 1.807) is 26.2 Å². The number of hydrogen-bond acceptors (Lipinski definition) is 12. The summed E-state index contributed by atoms with van der Waals surface area (Å²) >= 11 is 0. The smallest absolute Gasteiger partial charge is 0.277 e. The number of nitrogens with one attached hydrogen (secondary N) is 6. The Morgan fingerprint density at radius 2 is 0.708 bits per heavy atom. The highest BCUT2D eigenvalue weighted by Crippen LogP contribution is 2.21. The quantitative estimate of drug-likeness (QED) is 0.0605. The summed E-state index contributed by atoms with van der Waals surface area (Å²) in [5, 5.41) is 48.9. The Bertz CT molecular complexity index is 2530. The van der Waals surface area contributed by atoms with Gasteiger partial charge in [-0.2, -0.15) is 0 Å². The molecule has 4 heterocycles. The highest BCUT2D eigenvalue weighted by atomic mass is 16.4. The fourth-order valence-corrected chi connectivity index (χ4v) is 6.46. The molecule has 14 heteroatoms. The van der Waals surface area contributed by atoms with E-state index in [4.69, 9.17) is 10.2 Å². The van der Waals surface area contributed by atoms with Gasteiger partial charge in [-0.25, -0.2) is 30.6 Å². The van der Waals surface area contributed by atoms with Gasteiger partial charge in [0.05, 0.1) is 24.3 Å². The number of aromatic carboxylic acids is 2. The average Bonchev–Trinajstić information content (AvgIpc) is 3.41. The molecule has 4 aromatic heterocycles. The second-order valence-electron chi connectivity index (χ2n) is 15.4. The van der Waals surface area contributed by atoms with Gasteiger partial charge in [0.15, 0.2) is 0 Å². The predicted octanol–water partition coefficient (Wildman–Crippen LogP) is 8.36. The molecule has 0 bridgehead atoms. The number of aromatic amines is 2. The number of carbonyl (C=O) groups is 2. The van der Waals surface area contributed by atoms with E-state index in [0.29, 0.717) is 0 Å². The Hall–Kier alpha value is -9.24. The zero-order chi connectivity index (χ0) is 51.2. The third-order valence-corrected chi connectivity index (χ3v) is 9.84. The van der Waals surface area contributed by atoms with Gasteiger partial charge < -0.3 is 40.6 Å². The van der Waals surface area contributed by atoms with Gasteiger partial charge in [0.25, 0.3) is 11.6 Å². The number of benzene rings is 5. The first-order valence-electron chi connectivity index (χ1n) is 23.1. The number of hydrogen-bond donors (Lipinski definition) is 6. The number of aromatic nitrogens is 4. The average molecular weight is 963 g/mol. The van der Waals surface area contributed by atoms with Gasteiger partial charge in [0, 0.05) is 49.1 Å². The summed E-state index contributed by atoms with van der Waals surface area (Å²) in [6, 6.07) is 62.2. The van der Waals surface area contributed by atoms with Gasteiger partial charge in [0.1, 0.15) is 23.0 Å². The van der Waals surface area contributed by atoms with E-state index in [1.807, 2.05) is 85.2 Å². The lowest BCUT2D eigenvalue weighted by Crippen LogP contribution is -2.24. The van der Waals surface area contributed by atoms with Crippen molar-refractivity contribution >= 4 is 58.0 Å². The fraction of sp³-hybridized carbons (Fsp3) is 0.103. The molecule has 0 aliphatic heterocycles. The lowest BCUT2D eigenvalue weighted by Gasteiger charge is -2.07. The van der Waals surface area contributed by atoms with Crippen LogP contribution in [0.2, 0.25) is 0 Å². The summed E-state index contributed by atoms with van der Waals surface area (Å²) in [7, 11) is 0. The molecule has 0 saturated carbocycles. The van der Waals surface area contributed by atoms with Crippen LogP contribution in [0.1, 0.15) is 56.8 Å². The summed E-state index contributed by atoms with van der Waals surface area (Å²) in [6.45, 7) is 3.86. The molecule has 0 aliphatic carbocycles. The maximum absolute atomic E-state index is 10.2. The molecule has 5 aromatic carbocycles. The van der Waals surface area contributed by atoms with Crippen LogP contribution in [0.15, 0.2) is 219 Å². The maximum Gasteiger partial charge on any atom is 0.277 e. The molecule has 14 nitrogen and oxygen atoms in total. The van der Waals surface area contributed by atoms with Crippen molar-refractivity contribution in [3.63, 3.8) is 0 Å². The normalized spacial score (nSPS) is 9.83. The van der Waals surface area contributed by atoms with Crippen LogP contribution in [0.5, 0.6) is 0 Å². The van der Waals surface area contributed by atoms with Gasteiger partial charge >= 0.3 is 0 Å². The Balaban J connectivity index is 0.000000202. The number of carboxylic acid groups (broad SMARTS) is 2. The van der Waals surface area contributed by atoms with Crippen LogP contribution in [-0.4, -0.2) is 45.3 Å². The molecule has 9 aromatic rings. The van der Waals surface area contributed by atoms with Crippen molar-refractivity contribution < 1.29 is 40.0 Å². The number of H-pyrrole nitrogens is 2. The van der Waals surface area contributed by atoms with Crippen LogP contribution in [-0.2, 0) is 12.8 Å². The topological polar surface area (TPSA) is 223 Å². The number of aliphatic hydroxyl groups is 2. The van der Waals surface area contributed by atoms with Crippen molar-refractivity contribution in [2.45, 2.75) is 26.7 Å². The SMILES string of the molecule is CCO.CCO.O=C([O-])c1ccc(C(=O)[O-])cc1.c1ccc(Nc2ccc(Cc3ccc(Nc4cccc[nH+]4)cc3)cc2)nc1.c1ccc(Nc2ccc(Cc3ccc(Nc4cccc[nH+]4)cc3)cc2)nc1. The third-order valence-electron chi connectivity index (χ3n) is 9.84. The number of nitrogens with zero attached hydrogens (tertiary/aromatic N) is 2. The van der Waals surface area contributed by atoms with Crippen LogP contribution < -0.4 is 41.4 Å². The zero-order valence-electron chi connectivity index (χ0n) is 40.0. The van der Waals surface area contributed by atoms with Gasteiger partial charge in [-0.1, -0.05) is 97.1 Å². The van der Waals surface area contributed by atoms with Gasteiger partial charge in [-0.3, -0.25) is 0 Å². The van der Waals surface area contributed by atoms with Gasteiger partial charge in [-0.15, -0.1) is 0 Å². The summed E-state index contributed by atoms with van der Waals surface area (Å²) in [4.78, 5) is 35.3. The molecule has 0 saturated heterocycles. The van der Waals surface area contributed by atoms with Gasteiger partial charge in [0.2, 0.25) is 0 Å². The first-order valence-corrected chi connectivity index (χ1v) is 23.1. The molecule has 366 valence electrons. The Kier molecular flexibility index (Phi) is 22.6. The number of aliphatic hydroxyl groups excluding tert-OH is 2. The summed E-state index contributed by atoms with van der Waals surface area (Å²) in [6.07, 6.45) is 9.19. The molecule has 0 atom stereocenters. The second kappa shape index (κ2) is 30.3. The fourth-order valence-electron chi connectivity index (χ4n) is 6.46. The molecular formula is C58H58N8O6. The zero-order valence-corrected chi connectivity index (χ0v) is 40.0. The van der Waals surface area contributed by atoms with Crippen LogP contribution in [0.4, 0.5) is 46.0 Å². The van der Waals surface area contributed by atoms with Crippen molar-refractivity contribution in [1.29, 1.82) is 0 Å². The number of pyridine rings is 4.